The first-order valence-electron chi connectivity index (χ1n) is 8.52. The molecule has 0 saturated carbocycles. The highest BCUT2D eigenvalue weighted by Gasteiger charge is 2.19. The number of hydrogen-bond acceptors (Lipinski definition) is 3. The fraction of sp³-hybridized carbons (Fsp3) is 0.316. The maximum atomic E-state index is 13.8. The minimum atomic E-state index is -3.80. The van der Waals surface area contributed by atoms with Gasteiger partial charge in [0.1, 0.15) is 5.82 Å². The van der Waals surface area contributed by atoms with Crippen LogP contribution in [0.5, 0.6) is 0 Å². The van der Waals surface area contributed by atoms with Crippen molar-refractivity contribution in [2.45, 2.75) is 37.5 Å². The summed E-state index contributed by atoms with van der Waals surface area (Å²) < 4.78 is 40.9. The predicted molar refractivity (Wildman–Crippen MR) is 98.0 cm³/mol. The van der Waals surface area contributed by atoms with Crippen molar-refractivity contribution in [1.29, 1.82) is 0 Å². The number of aryl methyl sites for hydroxylation is 3. The maximum absolute atomic E-state index is 13.8. The van der Waals surface area contributed by atoms with Gasteiger partial charge in [-0.15, -0.1) is 0 Å². The summed E-state index contributed by atoms with van der Waals surface area (Å²) in [5, 5.41) is 2.37. The number of anilines is 1. The molecular weight excluding hydrogens is 355 g/mol. The van der Waals surface area contributed by atoms with Crippen molar-refractivity contribution < 1.29 is 17.6 Å². The molecule has 1 amide bonds. The molecular formula is C19H21FN2O3S. The van der Waals surface area contributed by atoms with Crippen molar-refractivity contribution in [2.75, 3.05) is 11.9 Å². The van der Waals surface area contributed by atoms with Crippen LogP contribution in [0.2, 0.25) is 0 Å². The van der Waals surface area contributed by atoms with Crippen LogP contribution >= 0.6 is 0 Å². The summed E-state index contributed by atoms with van der Waals surface area (Å²) >= 11 is 0. The van der Waals surface area contributed by atoms with E-state index in [2.05, 4.69) is 10.0 Å². The lowest BCUT2D eigenvalue weighted by atomic mass is 9.92. The summed E-state index contributed by atoms with van der Waals surface area (Å²) in [6, 6.07) is 9.48. The molecule has 0 bridgehead atoms. The number of hydrogen-bond donors (Lipinski definition) is 2. The molecule has 1 aliphatic carbocycles. The molecule has 138 valence electrons. The van der Waals surface area contributed by atoms with Crippen molar-refractivity contribution in [3.63, 3.8) is 0 Å². The zero-order valence-electron chi connectivity index (χ0n) is 14.5. The normalized spacial score (nSPS) is 13.9. The molecule has 3 rings (SSSR count). The first-order chi connectivity index (χ1) is 12.3. The Morgan fingerprint density at radius 1 is 1.08 bits per heavy atom. The van der Waals surface area contributed by atoms with E-state index in [0.29, 0.717) is 0 Å². The molecule has 2 aromatic carbocycles. The van der Waals surface area contributed by atoms with Gasteiger partial charge in [0, 0.05) is 0 Å². The van der Waals surface area contributed by atoms with Gasteiger partial charge in [-0.3, -0.25) is 4.79 Å². The summed E-state index contributed by atoms with van der Waals surface area (Å²) in [7, 11) is -3.80. The zero-order chi connectivity index (χ0) is 18.7. The fourth-order valence-corrected chi connectivity index (χ4v) is 4.07. The van der Waals surface area contributed by atoms with E-state index < -0.39 is 28.3 Å². The number of amides is 1. The molecule has 5 nitrogen and oxygen atoms in total. The van der Waals surface area contributed by atoms with E-state index in [1.807, 2.05) is 6.07 Å². The molecule has 0 unspecified atom stereocenters. The lowest BCUT2D eigenvalue weighted by Crippen LogP contribution is -2.33. The van der Waals surface area contributed by atoms with Gasteiger partial charge in [-0.1, -0.05) is 12.1 Å². The second-order valence-electron chi connectivity index (χ2n) is 6.49. The van der Waals surface area contributed by atoms with Crippen LogP contribution < -0.4 is 10.0 Å². The third-order valence-electron chi connectivity index (χ3n) is 4.45. The molecule has 7 heteroatoms. The number of sulfonamides is 1. The Morgan fingerprint density at radius 3 is 2.54 bits per heavy atom. The monoisotopic (exact) mass is 376 g/mol. The number of carbonyl (C=O) groups excluding carboxylic acids is 1. The summed E-state index contributed by atoms with van der Waals surface area (Å²) in [4.78, 5) is 12.1. The van der Waals surface area contributed by atoms with Crippen molar-refractivity contribution in [2.24, 2.45) is 0 Å². The van der Waals surface area contributed by atoms with Crippen LogP contribution in [0.3, 0.4) is 0 Å². The largest absolute Gasteiger partial charge is 0.322 e. The minimum Gasteiger partial charge on any atom is -0.322 e. The summed E-state index contributed by atoms with van der Waals surface area (Å²) in [6.07, 6.45) is 4.00. The van der Waals surface area contributed by atoms with Gasteiger partial charge in [0.25, 0.3) is 0 Å². The van der Waals surface area contributed by atoms with Crippen molar-refractivity contribution in [1.82, 2.24) is 4.72 Å². The van der Waals surface area contributed by atoms with Gasteiger partial charge in [0.15, 0.2) is 0 Å². The van der Waals surface area contributed by atoms with Crippen LogP contribution in [0.25, 0.3) is 0 Å². The van der Waals surface area contributed by atoms with Gasteiger partial charge in [-0.25, -0.2) is 17.5 Å². The van der Waals surface area contributed by atoms with Crippen LogP contribution in [0.15, 0.2) is 41.3 Å². The van der Waals surface area contributed by atoms with Crippen molar-refractivity contribution in [3.8, 4) is 0 Å². The number of rotatable bonds is 5. The second kappa shape index (κ2) is 7.55. The van der Waals surface area contributed by atoms with E-state index in [1.165, 1.54) is 17.7 Å². The Bertz CT molecular complexity index is 942. The van der Waals surface area contributed by atoms with E-state index in [4.69, 9.17) is 0 Å². The quantitative estimate of drug-likeness (QED) is 0.842. The van der Waals surface area contributed by atoms with Crippen LogP contribution in [-0.2, 0) is 27.7 Å². The SMILES string of the molecule is Cc1ccc(NC(=O)CNS(=O)(=O)c2ccc3c(c2)CCCC3)c(F)c1. The Balaban J connectivity index is 1.65. The smallest absolute Gasteiger partial charge is 0.241 e. The minimum absolute atomic E-state index is 0.0218. The Morgan fingerprint density at radius 2 is 1.81 bits per heavy atom. The molecule has 0 atom stereocenters. The van der Waals surface area contributed by atoms with Gasteiger partial charge in [0.2, 0.25) is 15.9 Å². The first kappa shape index (κ1) is 18.5. The highest BCUT2D eigenvalue weighted by Crippen LogP contribution is 2.24. The van der Waals surface area contributed by atoms with Crippen LogP contribution in [0.4, 0.5) is 10.1 Å². The molecule has 1 aliphatic rings. The van der Waals surface area contributed by atoms with E-state index in [-0.39, 0.29) is 10.6 Å². The van der Waals surface area contributed by atoms with E-state index >= 15 is 0 Å². The van der Waals surface area contributed by atoms with E-state index in [9.17, 15) is 17.6 Å². The fourth-order valence-electron chi connectivity index (χ4n) is 3.04. The lowest BCUT2D eigenvalue weighted by Gasteiger charge is -2.16. The molecule has 0 heterocycles. The molecule has 2 N–H and O–H groups in total. The average molecular weight is 376 g/mol. The summed E-state index contributed by atoms with van der Waals surface area (Å²) in [5.41, 5.74) is 2.98. The Hall–Kier alpha value is -2.25. The highest BCUT2D eigenvalue weighted by molar-refractivity contribution is 7.89. The van der Waals surface area contributed by atoms with Gasteiger partial charge in [0.05, 0.1) is 17.1 Å². The van der Waals surface area contributed by atoms with Crippen LogP contribution in [-0.4, -0.2) is 20.9 Å². The summed E-state index contributed by atoms with van der Waals surface area (Å²) in [5.74, 6) is -1.19. The van der Waals surface area contributed by atoms with Crippen LogP contribution in [0, 0.1) is 12.7 Å². The van der Waals surface area contributed by atoms with Crippen molar-refractivity contribution in [3.05, 3.63) is 58.9 Å². The Labute approximate surface area is 152 Å². The van der Waals surface area contributed by atoms with Gasteiger partial charge >= 0.3 is 0 Å². The number of carbonyl (C=O) groups is 1. The van der Waals surface area contributed by atoms with Crippen LogP contribution in [0.1, 0.15) is 29.5 Å². The number of fused-ring (bicyclic) bond motifs is 1. The molecule has 0 spiro atoms. The highest BCUT2D eigenvalue weighted by atomic mass is 32.2. The summed E-state index contributed by atoms with van der Waals surface area (Å²) in [6.45, 7) is 1.27. The topological polar surface area (TPSA) is 75.3 Å². The lowest BCUT2D eigenvalue weighted by molar-refractivity contribution is -0.115. The van der Waals surface area contributed by atoms with Gasteiger partial charge < -0.3 is 5.32 Å². The standard InChI is InChI=1S/C19H21FN2O3S/c1-13-6-9-18(17(20)10-13)22-19(23)12-21-26(24,25)16-8-7-14-4-2-3-5-15(14)11-16/h6-11,21H,2-5,12H2,1H3,(H,22,23). The second-order valence-corrected chi connectivity index (χ2v) is 8.26. The predicted octanol–water partition coefficient (Wildman–Crippen LogP) is 2.93. The zero-order valence-corrected chi connectivity index (χ0v) is 15.3. The third kappa shape index (κ3) is 4.28. The van der Waals surface area contributed by atoms with E-state index in [1.54, 1.807) is 25.1 Å². The Kier molecular flexibility index (Phi) is 5.38. The molecule has 0 saturated heterocycles. The van der Waals surface area contributed by atoms with Gasteiger partial charge in [-0.2, -0.15) is 0 Å². The number of benzene rings is 2. The number of nitrogens with one attached hydrogen (secondary N) is 2. The van der Waals surface area contributed by atoms with Crippen molar-refractivity contribution >= 4 is 21.6 Å². The molecule has 2 aromatic rings. The molecule has 0 fully saturated rings. The molecule has 26 heavy (non-hydrogen) atoms. The molecule has 0 radical (unpaired) electrons. The number of halogens is 1. The third-order valence-corrected chi connectivity index (χ3v) is 5.85. The average Bonchev–Trinajstić information content (AvgIpc) is 2.62. The first-order valence-corrected chi connectivity index (χ1v) is 10.0. The maximum Gasteiger partial charge on any atom is 0.241 e. The molecule has 0 aromatic heterocycles. The van der Waals surface area contributed by atoms with E-state index in [0.717, 1.165) is 36.8 Å². The van der Waals surface area contributed by atoms with Gasteiger partial charge in [-0.05, 0) is 73.6 Å². The molecule has 0 aliphatic heterocycles.